The molecule has 0 spiro atoms. The lowest BCUT2D eigenvalue weighted by molar-refractivity contribution is -0.131. The Morgan fingerprint density at radius 1 is 1.18 bits per heavy atom. The molecule has 1 N–H and O–H groups in total. The highest BCUT2D eigenvalue weighted by atomic mass is 16.6. The van der Waals surface area contributed by atoms with Crippen LogP contribution in [0.25, 0.3) is 6.08 Å². The van der Waals surface area contributed by atoms with Gasteiger partial charge in [0.15, 0.2) is 11.5 Å². The normalized spacial score (nSPS) is 14.4. The zero-order valence-corrected chi connectivity index (χ0v) is 9.13. The Hall–Kier alpha value is -2.23. The van der Waals surface area contributed by atoms with Crippen molar-refractivity contribution < 1.29 is 19.4 Å². The number of carboxylic acids is 1. The van der Waals surface area contributed by atoms with E-state index in [9.17, 15) is 4.79 Å². The van der Waals surface area contributed by atoms with E-state index in [1.165, 1.54) is 6.08 Å². The Morgan fingerprint density at radius 3 is 2.71 bits per heavy atom. The molecule has 1 aromatic carbocycles. The lowest BCUT2D eigenvalue weighted by Gasteiger charge is -2.18. The molecule has 1 heterocycles. The van der Waals surface area contributed by atoms with Crippen LogP contribution < -0.4 is 9.47 Å². The predicted molar refractivity (Wildman–Crippen MR) is 63.2 cm³/mol. The first kappa shape index (κ1) is 11.3. The maximum Gasteiger partial charge on any atom is 0.328 e. The van der Waals surface area contributed by atoms with E-state index in [0.717, 1.165) is 23.1 Å². The first-order chi connectivity index (χ1) is 8.25. The van der Waals surface area contributed by atoms with E-state index in [2.05, 4.69) is 0 Å². The average molecular weight is 232 g/mol. The summed E-state index contributed by atoms with van der Waals surface area (Å²) in [6, 6.07) is 5.59. The maximum atomic E-state index is 10.2. The highest BCUT2D eigenvalue weighted by Gasteiger charge is 2.10. The van der Waals surface area contributed by atoms with Gasteiger partial charge in [-0.25, -0.2) is 4.79 Å². The quantitative estimate of drug-likeness (QED) is 0.640. The zero-order valence-electron chi connectivity index (χ0n) is 9.13. The van der Waals surface area contributed by atoms with Gasteiger partial charge in [0.2, 0.25) is 0 Å². The number of hydrogen-bond donors (Lipinski definition) is 1. The van der Waals surface area contributed by atoms with Crippen molar-refractivity contribution in [3.8, 4) is 11.5 Å². The van der Waals surface area contributed by atoms with Gasteiger partial charge < -0.3 is 14.6 Å². The number of aliphatic carboxylic acids is 1. The smallest absolute Gasteiger partial charge is 0.328 e. The number of allylic oxidation sites excluding steroid dienone is 2. The van der Waals surface area contributed by atoms with E-state index < -0.39 is 5.97 Å². The van der Waals surface area contributed by atoms with Crippen LogP contribution in [0.5, 0.6) is 11.5 Å². The molecule has 0 aromatic heterocycles. The molecular weight excluding hydrogens is 220 g/mol. The van der Waals surface area contributed by atoms with Crippen LogP contribution in [0.15, 0.2) is 36.4 Å². The monoisotopic (exact) mass is 232 g/mol. The van der Waals surface area contributed by atoms with Gasteiger partial charge in [0.05, 0.1) is 0 Å². The number of hydrogen-bond acceptors (Lipinski definition) is 3. The minimum Gasteiger partial charge on any atom is -0.486 e. The van der Waals surface area contributed by atoms with Gasteiger partial charge >= 0.3 is 5.97 Å². The van der Waals surface area contributed by atoms with Crippen LogP contribution in [0.1, 0.15) is 5.56 Å². The molecule has 1 aliphatic rings. The molecule has 0 aliphatic carbocycles. The number of fused-ring (bicyclic) bond motifs is 1. The second-order valence-corrected chi connectivity index (χ2v) is 3.46. The van der Waals surface area contributed by atoms with Crippen molar-refractivity contribution in [2.45, 2.75) is 0 Å². The van der Waals surface area contributed by atoms with E-state index in [1.807, 2.05) is 18.2 Å². The van der Waals surface area contributed by atoms with Crippen molar-refractivity contribution in [3.63, 3.8) is 0 Å². The Kier molecular flexibility index (Phi) is 3.45. The summed E-state index contributed by atoms with van der Waals surface area (Å²) in [6.45, 7) is 1.13. The SMILES string of the molecule is O=C(O)/C=C/C=C/c1ccc2c(c1)OCCO2. The van der Waals surface area contributed by atoms with E-state index >= 15 is 0 Å². The molecule has 0 atom stereocenters. The minimum atomic E-state index is -0.961. The summed E-state index contributed by atoms with van der Waals surface area (Å²) in [4.78, 5) is 10.2. The summed E-state index contributed by atoms with van der Waals surface area (Å²) >= 11 is 0. The van der Waals surface area contributed by atoms with Gasteiger partial charge in [0.25, 0.3) is 0 Å². The highest BCUT2D eigenvalue weighted by Crippen LogP contribution is 2.30. The number of carbonyl (C=O) groups is 1. The predicted octanol–water partition coefficient (Wildman–Crippen LogP) is 2.11. The molecule has 0 saturated heterocycles. The third kappa shape index (κ3) is 3.11. The summed E-state index contributed by atoms with van der Waals surface area (Å²) in [5, 5.41) is 8.41. The maximum absolute atomic E-state index is 10.2. The van der Waals surface area contributed by atoms with Crippen LogP contribution >= 0.6 is 0 Å². The van der Waals surface area contributed by atoms with Crippen molar-refractivity contribution in [2.75, 3.05) is 13.2 Å². The first-order valence-electron chi connectivity index (χ1n) is 5.23. The van der Waals surface area contributed by atoms with Crippen LogP contribution in [0.3, 0.4) is 0 Å². The molecule has 17 heavy (non-hydrogen) atoms. The molecule has 0 amide bonds. The average Bonchev–Trinajstić information content (AvgIpc) is 2.34. The Labute approximate surface area is 98.8 Å². The van der Waals surface area contributed by atoms with Gasteiger partial charge in [0.1, 0.15) is 13.2 Å². The van der Waals surface area contributed by atoms with Crippen LogP contribution in [0.2, 0.25) is 0 Å². The van der Waals surface area contributed by atoms with Crippen LogP contribution in [0.4, 0.5) is 0 Å². The van der Waals surface area contributed by atoms with Gasteiger partial charge in [0, 0.05) is 6.08 Å². The molecule has 4 nitrogen and oxygen atoms in total. The fourth-order valence-electron chi connectivity index (χ4n) is 1.47. The molecule has 0 bridgehead atoms. The van der Waals surface area contributed by atoms with Gasteiger partial charge in [-0.3, -0.25) is 0 Å². The summed E-state index contributed by atoms with van der Waals surface area (Å²) in [5.41, 5.74) is 0.935. The lowest BCUT2D eigenvalue weighted by Crippen LogP contribution is -2.15. The number of ether oxygens (including phenoxy) is 2. The van der Waals surface area contributed by atoms with Gasteiger partial charge in [-0.2, -0.15) is 0 Å². The van der Waals surface area contributed by atoms with Crippen LogP contribution in [-0.2, 0) is 4.79 Å². The fraction of sp³-hybridized carbons (Fsp3) is 0.154. The minimum absolute atomic E-state index is 0.555. The summed E-state index contributed by atoms with van der Waals surface area (Å²) in [6.07, 6.45) is 6.02. The number of benzene rings is 1. The lowest BCUT2D eigenvalue weighted by atomic mass is 10.2. The number of carboxylic acid groups (broad SMARTS) is 1. The number of rotatable bonds is 3. The summed E-state index contributed by atoms with van der Waals surface area (Å²) in [5.74, 6) is 0.506. The largest absolute Gasteiger partial charge is 0.486 e. The van der Waals surface area contributed by atoms with Gasteiger partial charge in [-0.05, 0) is 17.7 Å². The summed E-state index contributed by atoms with van der Waals surface area (Å²) < 4.78 is 10.8. The van der Waals surface area contributed by atoms with Crippen molar-refractivity contribution >= 4 is 12.0 Å². The van der Waals surface area contributed by atoms with Crippen LogP contribution in [-0.4, -0.2) is 24.3 Å². The van der Waals surface area contributed by atoms with E-state index in [-0.39, 0.29) is 0 Å². The third-order valence-corrected chi connectivity index (χ3v) is 2.20. The van der Waals surface area contributed by atoms with Crippen molar-refractivity contribution in [2.24, 2.45) is 0 Å². The van der Waals surface area contributed by atoms with Crippen molar-refractivity contribution in [1.82, 2.24) is 0 Å². The molecule has 2 rings (SSSR count). The highest BCUT2D eigenvalue weighted by molar-refractivity contribution is 5.80. The van der Waals surface area contributed by atoms with Crippen LogP contribution in [0, 0.1) is 0 Å². The molecule has 88 valence electrons. The fourth-order valence-corrected chi connectivity index (χ4v) is 1.47. The van der Waals surface area contributed by atoms with Gasteiger partial charge in [-0.15, -0.1) is 0 Å². The molecule has 0 radical (unpaired) electrons. The molecule has 4 heteroatoms. The van der Waals surface area contributed by atoms with Crippen molar-refractivity contribution in [3.05, 3.63) is 42.0 Å². The Bertz CT molecular complexity index is 474. The zero-order chi connectivity index (χ0) is 12.1. The van der Waals surface area contributed by atoms with Gasteiger partial charge in [-0.1, -0.05) is 24.3 Å². The Balaban J connectivity index is 2.09. The summed E-state index contributed by atoms with van der Waals surface area (Å²) in [7, 11) is 0. The van der Waals surface area contributed by atoms with E-state index in [4.69, 9.17) is 14.6 Å². The second-order valence-electron chi connectivity index (χ2n) is 3.46. The molecule has 1 aliphatic heterocycles. The van der Waals surface area contributed by atoms with E-state index in [0.29, 0.717) is 13.2 Å². The van der Waals surface area contributed by atoms with Crippen molar-refractivity contribution in [1.29, 1.82) is 0 Å². The molecule has 1 aromatic rings. The molecule has 0 unspecified atom stereocenters. The topological polar surface area (TPSA) is 55.8 Å². The standard InChI is InChI=1S/C13H12O4/c14-13(15)4-2-1-3-10-5-6-11-12(9-10)17-8-7-16-11/h1-6,9H,7-8H2,(H,14,15)/b3-1+,4-2+. The third-order valence-electron chi connectivity index (χ3n) is 2.20. The second kappa shape index (κ2) is 5.21. The molecular formula is C13H12O4. The molecule has 0 fully saturated rings. The Morgan fingerprint density at radius 2 is 1.94 bits per heavy atom. The molecule has 0 saturated carbocycles. The first-order valence-corrected chi connectivity index (χ1v) is 5.23. The van der Waals surface area contributed by atoms with E-state index in [1.54, 1.807) is 12.2 Å².